The first-order chi connectivity index (χ1) is 12.8. The summed E-state index contributed by atoms with van der Waals surface area (Å²) in [5, 5.41) is 3.94. The fourth-order valence-electron chi connectivity index (χ4n) is 3.29. The summed E-state index contributed by atoms with van der Waals surface area (Å²) in [5.41, 5.74) is 1.13. The molecule has 1 aromatic heterocycles. The summed E-state index contributed by atoms with van der Waals surface area (Å²) < 4.78 is 33.0. The molecule has 1 N–H and O–H groups in total. The molecule has 0 aliphatic carbocycles. The summed E-state index contributed by atoms with van der Waals surface area (Å²) in [6.45, 7) is 6.66. The third-order valence-electron chi connectivity index (χ3n) is 4.78. The number of benzene rings is 1. The van der Waals surface area contributed by atoms with E-state index in [0.717, 1.165) is 0 Å². The molecule has 0 spiro atoms. The van der Waals surface area contributed by atoms with Gasteiger partial charge in [0.15, 0.2) is 5.76 Å². The van der Waals surface area contributed by atoms with E-state index in [4.69, 9.17) is 4.52 Å². The number of likely N-dealkylation sites (tertiary alicyclic amines) is 1. The second-order valence-corrected chi connectivity index (χ2v) is 8.88. The molecule has 1 aliphatic heterocycles. The highest BCUT2D eigenvalue weighted by atomic mass is 32.2. The van der Waals surface area contributed by atoms with Crippen molar-refractivity contribution < 1.29 is 17.7 Å². The number of sulfonamides is 1. The number of amides is 1. The molecule has 7 nitrogen and oxygen atoms in total. The third kappa shape index (κ3) is 4.22. The summed E-state index contributed by atoms with van der Waals surface area (Å²) in [7, 11) is -3.54. The second-order valence-electron chi connectivity index (χ2n) is 7.16. The van der Waals surface area contributed by atoms with Gasteiger partial charge in [-0.05, 0) is 31.9 Å². The topological polar surface area (TPSA) is 92.5 Å². The summed E-state index contributed by atoms with van der Waals surface area (Å²) >= 11 is 0. The molecule has 1 aromatic carbocycles. The van der Waals surface area contributed by atoms with E-state index >= 15 is 0 Å². The first kappa shape index (κ1) is 19.6. The van der Waals surface area contributed by atoms with Gasteiger partial charge in [-0.2, -0.15) is 0 Å². The highest BCUT2D eigenvalue weighted by Crippen LogP contribution is 2.25. The molecule has 1 fully saturated rings. The number of piperidine rings is 1. The van der Waals surface area contributed by atoms with E-state index in [1.165, 1.54) is 0 Å². The number of rotatable bonds is 5. The normalized spacial score (nSPS) is 16.1. The molecule has 3 rings (SSSR count). The van der Waals surface area contributed by atoms with Crippen molar-refractivity contribution in [2.75, 3.05) is 13.1 Å². The van der Waals surface area contributed by atoms with Crippen LogP contribution >= 0.6 is 0 Å². The van der Waals surface area contributed by atoms with E-state index in [1.807, 2.05) is 13.8 Å². The van der Waals surface area contributed by atoms with Crippen LogP contribution in [0, 0.1) is 6.92 Å². The Balaban J connectivity index is 1.64. The van der Waals surface area contributed by atoms with Gasteiger partial charge in [0.1, 0.15) is 5.56 Å². The van der Waals surface area contributed by atoms with Crippen LogP contribution in [0.15, 0.2) is 39.8 Å². The first-order valence-electron chi connectivity index (χ1n) is 9.12. The predicted octanol–water partition coefficient (Wildman–Crippen LogP) is 2.69. The summed E-state index contributed by atoms with van der Waals surface area (Å²) in [6.07, 6.45) is 1.14. The van der Waals surface area contributed by atoms with Gasteiger partial charge in [0, 0.05) is 25.0 Å². The maximum atomic E-state index is 12.9. The average Bonchev–Trinajstić information content (AvgIpc) is 3.04. The molecule has 1 aliphatic rings. The minimum Gasteiger partial charge on any atom is -0.360 e. The van der Waals surface area contributed by atoms with Crippen LogP contribution in [-0.2, 0) is 10.0 Å². The van der Waals surface area contributed by atoms with Crippen molar-refractivity contribution in [2.45, 2.75) is 50.5 Å². The fourth-order valence-corrected chi connectivity index (χ4v) is 4.61. The maximum absolute atomic E-state index is 12.9. The smallest absolute Gasteiger partial charge is 0.259 e. The van der Waals surface area contributed by atoms with Crippen LogP contribution in [0.2, 0.25) is 0 Å². The predicted molar refractivity (Wildman–Crippen MR) is 101 cm³/mol. The Morgan fingerprint density at radius 2 is 1.85 bits per heavy atom. The van der Waals surface area contributed by atoms with E-state index in [1.54, 1.807) is 42.2 Å². The van der Waals surface area contributed by atoms with E-state index in [9.17, 15) is 13.2 Å². The zero-order valence-corrected chi connectivity index (χ0v) is 16.6. The monoisotopic (exact) mass is 391 g/mol. The van der Waals surface area contributed by atoms with Crippen LogP contribution in [0.3, 0.4) is 0 Å². The third-order valence-corrected chi connectivity index (χ3v) is 6.32. The number of aromatic nitrogens is 1. The quantitative estimate of drug-likeness (QED) is 0.846. The van der Waals surface area contributed by atoms with Crippen molar-refractivity contribution in [1.82, 2.24) is 14.8 Å². The van der Waals surface area contributed by atoms with E-state index in [0.29, 0.717) is 42.9 Å². The molecule has 1 saturated heterocycles. The summed E-state index contributed by atoms with van der Waals surface area (Å²) in [5.74, 6) is 0.576. The van der Waals surface area contributed by atoms with Gasteiger partial charge in [-0.15, -0.1) is 0 Å². The highest BCUT2D eigenvalue weighted by Gasteiger charge is 2.31. The Hall–Kier alpha value is -2.19. The lowest BCUT2D eigenvalue weighted by atomic mass is 10.0. The SMILES string of the molecule is Cc1noc(C(C)C)c1C(=O)N1CCC(NS(=O)(=O)c2ccccc2)CC1. The van der Waals surface area contributed by atoms with Gasteiger partial charge in [0.05, 0.1) is 10.6 Å². The molecule has 2 heterocycles. The van der Waals surface area contributed by atoms with E-state index < -0.39 is 10.0 Å². The van der Waals surface area contributed by atoms with E-state index in [-0.39, 0.29) is 22.8 Å². The average molecular weight is 391 g/mol. The summed E-state index contributed by atoms with van der Waals surface area (Å²) in [6, 6.07) is 8.13. The molecular weight excluding hydrogens is 366 g/mol. The Morgan fingerprint density at radius 1 is 1.22 bits per heavy atom. The van der Waals surface area contributed by atoms with Gasteiger partial charge in [0.2, 0.25) is 10.0 Å². The number of nitrogens with one attached hydrogen (secondary N) is 1. The van der Waals surface area contributed by atoms with Crippen LogP contribution in [0.25, 0.3) is 0 Å². The number of carbonyl (C=O) groups is 1. The van der Waals surface area contributed by atoms with Crippen molar-refractivity contribution in [1.29, 1.82) is 0 Å². The lowest BCUT2D eigenvalue weighted by Gasteiger charge is -2.32. The zero-order valence-electron chi connectivity index (χ0n) is 15.8. The molecular formula is C19H25N3O4S. The largest absolute Gasteiger partial charge is 0.360 e. The molecule has 0 bridgehead atoms. The molecule has 8 heteroatoms. The minimum atomic E-state index is -3.54. The van der Waals surface area contributed by atoms with Crippen LogP contribution in [-0.4, -0.2) is 43.5 Å². The number of hydrogen-bond donors (Lipinski definition) is 1. The molecule has 146 valence electrons. The molecule has 0 radical (unpaired) electrons. The zero-order chi connectivity index (χ0) is 19.6. The number of aryl methyl sites for hydroxylation is 1. The molecule has 0 atom stereocenters. The van der Waals surface area contributed by atoms with Crippen molar-refractivity contribution >= 4 is 15.9 Å². The van der Waals surface area contributed by atoms with Crippen LogP contribution < -0.4 is 4.72 Å². The van der Waals surface area contributed by atoms with Crippen LogP contribution in [0.5, 0.6) is 0 Å². The van der Waals surface area contributed by atoms with Gasteiger partial charge in [-0.25, -0.2) is 13.1 Å². The molecule has 27 heavy (non-hydrogen) atoms. The van der Waals surface area contributed by atoms with Gasteiger partial charge in [0.25, 0.3) is 5.91 Å². The minimum absolute atomic E-state index is 0.0698. The Morgan fingerprint density at radius 3 is 2.44 bits per heavy atom. The Kier molecular flexibility index (Phi) is 5.67. The second kappa shape index (κ2) is 7.82. The van der Waals surface area contributed by atoms with Crippen molar-refractivity contribution in [3.05, 3.63) is 47.3 Å². The highest BCUT2D eigenvalue weighted by molar-refractivity contribution is 7.89. The van der Waals surface area contributed by atoms with Crippen molar-refractivity contribution in [2.24, 2.45) is 0 Å². The van der Waals surface area contributed by atoms with Crippen LogP contribution in [0.1, 0.15) is 54.4 Å². The summed E-state index contributed by atoms with van der Waals surface area (Å²) in [4.78, 5) is 14.9. The van der Waals surface area contributed by atoms with Gasteiger partial charge < -0.3 is 9.42 Å². The standard InChI is InChI=1S/C19H25N3O4S/c1-13(2)18-17(14(3)20-26-18)19(23)22-11-9-15(10-12-22)21-27(24,25)16-7-5-4-6-8-16/h4-8,13,15,21H,9-12H2,1-3H3. The van der Waals surface area contributed by atoms with Gasteiger partial charge >= 0.3 is 0 Å². The molecule has 1 amide bonds. The lowest BCUT2D eigenvalue weighted by molar-refractivity contribution is 0.0708. The molecule has 2 aromatic rings. The molecule has 0 saturated carbocycles. The maximum Gasteiger partial charge on any atom is 0.259 e. The Labute approximate surface area is 159 Å². The first-order valence-corrected chi connectivity index (χ1v) is 10.6. The number of hydrogen-bond acceptors (Lipinski definition) is 5. The fraction of sp³-hybridized carbons (Fsp3) is 0.474. The van der Waals surface area contributed by atoms with Crippen molar-refractivity contribution in [3.8, 4) is 0 Å². The molecule has 0 unspecified atom stereocenters. The van der Waals surface area contributed by atoms with Crippen molar-refractivity contribution in [3.63, 3.8) is 0 Å². The lowest BCUT2D eigenvalue weighted by Crippen LogP contribution is -2.46. The van der Waals surface area contributed by atoms with Crippen LogP contribution in [0.4, 0.5) is 0 Å². The Bertz CT molecular complexity index is 898. The number of nitrogens with zero attached hydrogens (tertiary/aromatic N) is 2. The van der Waals surface area contributed by atoms with Gasteiger partial charge in [-0.3, -0.25) is 4.79 Å². The number of carbonyl (C=O) groups excluding carboxylic acids is 1. The van der Waals surface area contributed by atoms with E-state index in [2.05, 4.69) is 9.88 Å². The van der Waals surface area contributed by atoms with Gasteiger partial charge in [-0.1, -0.05) is 37.2 Å².